The molecule has 0 bridgehead atoms. The van der Waals surface area contributed by atoms with Crippen molar-refractivity contribution in [2.75, 3.05) is 0 Å². The average molecular weight is 254 g/mol. The van der Waals surface area contributed by atoms with E-state index in [-0.39, 0.29) is 5.69 Å². The number of nitrogens with zero attached hydrogens (tertiary/aromatic N) is 2. The molecule has 0 atom stereocenters. The zero-order chi connectivity index (χ0) is 13.8. The summed E-state index contributed by atoms with van der Waals surface area (Å²) >= 11 is 0. The summed E-state index contributed by atoms with van der Waals surface area (Å²) in [6.45, 7) is 1.81. The smallest absolute Gasteiger partial charge is 0.269 e. The number of benzene rings is 1. The monoisotopic (exact) mass is 254 g/mol. The zero-order valence-corrected chi connectivity index (χ0v) is 10.2. The molecule has 0 aliphatic carbocycles. The van der Waals surface area contributed by atoms with Crippen molar-refractivity contribution in [2.45, 2.75) is 6.92 Å². The van der Waals surface area contributed by atoms with Crippen molar-refractivity contribution in [3.8, 4) is 6.07 Å². The molecule has 0 unspecified atom stereocenters. The van der Waals surface area contributed by atoms with Crippen molar-refractivity contribution in [3.63, 3.8) is 0 Å². The van der Waals surface area contributed by atoms with E-state index in [9.17, 15) is 10.1 Å². The zero-order valence-electron chi connectivity index (χ0n) is 10.2. The van der Waals surface area contributed by atoms with Crippen LogP contribution in [-0.4, -0.2) is 4.92 Å². The number of aryl methyl sites for hydroxylation is 1. The molecule has 1 aromatic heterocycles. The first kappa shape index (κ1) is 12.6. The molecule has 0 amide bonds. The quantitative estimate of drug-likeness (QED) is 0.476. The van der Waals surface area contributed by atoms with E-state index >= 15 is 0 Å². The molecule has 0 fully saturated rings. The fraction of sp³-hybridized carbons (Fsp3) is 0.0714. The standard InChI is InChI=1S/C14H10N2O3/c1-10-2-7-14(19-10)8-12(9-15)11-3-5-13(6-4-11)16(17)18/h2-8H,1H3/b12-8+. The number of nitriles is 1. The minimum Gasteiger partial charge on any atom is -0.462 e. The molecule has 1 heterocycles. The van der Waals surface area contributed by atoms with Crippen molar-refractivity contribution in [1.29, 1.82) is 5.26 Å². The minimum atomic E-state index is -0.477. The molecule has 5 nitrogen and oxygen atoms in total. The SMILES string of the molecule is Cc1ccc(/C=C(\C#N)c2ccc([N+](=O)[O-])cc2)o1. The second-order valence-electron chi connectivity index (χ2n) is 3.92. The van der Waals surface area contributed by atoms with Crippen LogP contribution in [0.3, 0.4) is 0 Å². The molecule has 2 aromatic rings. The highest BCUT2D eigenvalue weighted by atomic mass is 16.6. The Kier molecular flexibility index (Phi) is 3.44. The Morgan fingerprint density at radius 3 is 2.47 bits per heavy atom. The summed E-state index contributed by atoms with van der Waals surface area (Å²) in [6.07, 6.45) is 1.61. The van der Waals surface area contributed by atoms with Gasteiger partial charge in [0.2, 0.25) is 0 Å². The first-order valence-electron chi connectivity index (χ1n) is 5.53. The highest BCUT2D eigenvalue weighted by molar-refractivity contribution is 5.88. The molecular formula is C14H10N2O3. The molecule has 5 heteroatoms. The number of allylic oxidation sites excluding steroid dienone is 1. The van der Waals surface area contributed by atoms with Gasteiger partial charge < -0.3 is 4.42 Å². The molecule has 0 saturated heterocycles. The Morgan fingerprint density at radius 1 is 1.32 bits per heavy atom. The number of furan rings is 1. The summed E-state index contributed by atoms with van der Waals surface area (Å²) in [7, 11) is 0. The van der Waals surface area contributed by atoms with E-state index in [0.29, 0.717) is 16.9 Å². The number of nitro groups is 1. The lowest BCUT2D eigenvalue weighted by Gasteiger charge is -1.98. The molecule has 1 aromatic carbocycles. The van der Waals surface area contributed by atoms with Crippen molar-refractivity contribution in [1.82, 2.24) is 0 Å². The van der Waals surface area contributed by atoms with Crippen LogP contribution in [0.25, 0.3) is 11.6 Å². The van der Waals surface area contributed by atoms with Gasteiger partial charge in [-0.2, -0.15) is 5.26 Å². The first-order chi connectivity index (χ1) is 9.10. The summed E-state index contributed by atoms with van der Waals surface area (Å²) < 4.78 is 5.36. The Hall–Kier alpha value is -2.87. The lowest BCUT2D eigenvalue weighted by atomic mass is 10.1. The summed E-state index contributed by atoms with van der Waals surface area (Å²) in [5, 5.41) is 19.7. The summed E-state index contributed by atoms with van der Waals surface area (Å²) in [4.78, 5) is 10.1. The number of hydrogen-bond donors (Lipinski definition) is 0. The highest BCUT2D eigenvalue weighted by Gasteiger charge is 2.07. The molecule has 0 spiro atoms. The Balaban J connectivity index is 2.35. The maximum Gasteiger partial charge on any atom is 0.269 e. The van der Waals surface area contributed by atoms with Crippen LogP contribution in [-0.2, 0) is 0 Å². The second kappa shape index (κ2) is 5.19. The summed E-state index contributed by atoms with van der Waals surface area (Å²) in [5.74, 6) is 1.33. The number of hydrogen-bond acceptors (Lipinski definition) is 4. The van der Waals surface area contributed by atoms with E-state index < -0.39 is 4.92 Å². The third-order valence-corrected chi connectivity index (χ3v) is 2.56. The maximum absolute atomic E-state index is 10.6. The van der Waals surface area contributed by atoms with Crippen LogP contribution in [0.2, 0.25) is 0 Å². The highest BCUT2D eigenvalue weighted by Crippen LogP contribution is 2.21. The van der Waals surface area contributed by atoms with Crippen molar-refractivity contribution in [2.24, 2.45) is 0 Å². The van der Waals surface area contributed by atoms with Crippen LogP contribution < -0.4 is 0 Å². The molecule has 94 valence electrons. The second-order valence-corrected chi connectivity index (χ2v) is 3.92. The normalized spacial score (nSPS) is 11.1. The Labute approximate surface area is 109 Å². The van der Waals surface area contributed by atoms with E-state index in [1.807, 2.05) is 6.92 Å². The van der Waals surface area contributed by atoms with Crippen molar-refractivity contribution < 1.29 is 9.34 Å². The summed E-state index contributed by atoms with van der Waals surface area (Å²) in [6, 6.07) is 11.4. The van der Waals surface area contributed by atoms with Crippen molar-refractivity contribution in [3.05, 3.63) is 63.6 Å². The molecule has 0 radical (unpaired) electrons. The van der Waals surface area contributed by atoms with Crippen LogP contribution in [0.5, 0.6) is 0 Å². The lowest BCUT2D eigenvalue weighted by molar-refractivity contribution is -0.384. The van der Waals surface area contributed by atoms with Crippen LogP contribution in [0, 0.1) is 28.4 Å². The van der Waals surface area contributed by atoms with Gasteiger partial charge in [0, 0.05) is 12.1 Å². The third kappa shape index (κ3) is 2.87. The minimum absolute atomic E-state index is 0.00474. The van der Waals surface area contributed by atoms with Gasteiger partial charge in [-0.3, -0.25) is 10.1 Å². The molecule has 2 rings (SSSR count). The van der Waals surface area contributed by atoms with E-state index in [2.05, 4.69) is 6.07 Å². The van der Waals surface area contributed by atoms with E-state index in [0.717, 1.165) is 5.76 Å². The van der Waals surface area contributed by atoms with Gasteiger partial charge in [0.05, 0.1) is 16.6 Å². The summed E-state index contributed by atoms with van der Waals surface area (Å²) in [5.41, 5.74) is 1.00. The predicted molar refractivity (Wildman–Crippen MR) is 70.0 cm³/mol. The first-order valence-corrected chi connectivity index (χ1v) is 5.53. The van der Waals surface area contributed by atoms with E-state index in [4.69, 9.17) is 9.68 Å². The van der Waals surface area contributed by atoms with Gasteiger partial charge in [-0.15, -0.1) is 0 Å². The van der Waals surface area contributed by atoms with Gasteiger partial charge in [0.1, 0.15) is 11.5 Å². The predicted octanol–water partition coefficient (Wildman–Crippen LogP) is 3.56. The molecule has 0 aliphatic rings. The molecule has 19 heavy (non-hydrogen) atoms. The molecule has 0 saturated carbocycles. The number of nitro benzene ring substituents is 1. The van der Waals surface area contributed by atoms with Gasteiger partial charge >= 0.3 is 0 Å². The Morgan fingerprint density at radius 2 is 2.00 bits per heavy atom. The van der Waals surface area contributed by atoms with Crippen LogP contribution in [0.1, 0.15) is 17.1 Å². The van der Waals surface area contributed by atoms with E-state index in [1.54, 1.807) is 30.3 Å². The van der Waals surface area contributed by atoms with Gasteiger partial charge in [-0.25, -0.2) is 0 Å². The maximum atomic E-state index is 10.6. The van der Waals surface area contributed by atoms with Crippen molar-refractivity contribution >= 4 is 17.3 Å². The van der Waals surface area contributed by atoms with Gasteiger partial charge in [0.25, 0.3) is 5.69 Å². The van der Waals surface area contributed by atoms with Crippen LogP contribution in [0.15, 0.2) is 40.8 Å². The Bertz CT molecular complexity index is 675. The molecule has 0 aliphatic heterocycles. The topological polar surface area (TPSA) is 80.1 Å². The van der Waals surface area contributed by atoms with Gasteiger partial charge in [-0.05, 0) is 42.8 Å². The van der Waals surface area contributed by atoms with E-state index in [1.165, 1.54) is 12.1 Å². The van der Waals surface area contributed by atoms with Crippen LogP contribution in [0.4, 0.5) is 5.69 Å². The van der Waals surface area contributed by atoms with Gasteiger partial charge in [0.15, 0.2) is 0 Å². The van der Waals surface area contributed by atoms with Gasteiger partial charge in [-0.1, -0.05) is 0 Å². The number of non-ortho nitro benzene ring substituents is 1. The molecular weight excluding hydrogens is 244 g/mol. The largest absolute Gasteiger partial charge is 0.462 e. The lowest BCUT2D eigenvalue weighted by Crippen LogP contribution is -1.88. The molecule has 0 N–H and O–H groups in total. The van der Waals surface area contributed by atoms with Crippen LogP contribution >= 0.6 is 0 Å². The number of rotatable bonds is 3. The third-order valence-electron chi connectivity index (χ3n) is 2.56. The fourth-order valence-electron chi connectivity index (χ4n) is 1.62. The fourth-order valence-corrected chi connectivity index (χ4v) is 1.62. The average Bonchev–Trinajstić information content (AvgIpc) is 2.81.